The molecule has 1 aliphatic heterocycles. The number of pyridine rings is 1. The minimum absolute atomic E-state index is 0.716. The average Bonchev–Trinajstić information content (AvgIpc) is 2.76. The van der Waals surface area contributed by atoms with Crippen molar-refractivity contribution in [3.63, 3.8) is 0 Å². The van der Waals surface area contributed by atoms with E-state index < -0.39 is 0 Å². The number of aromatic nitrogens is 1. The van der Waals surface area contributed by atoms with Crippen molar-refractivity contribution in [3.8, 4) is 0 Å². The summed E-state index contributed by atoms with van der Waals surface area (Å²) in [7, 11) is 0. The number of hydrogen-bond acceptors (Lipinski definition) is 2. The van der Waals surface area contributed by atoms with Gasteiger partial charge in [0.25, 0.3) is 0 Å². The minimum Gasteiger partial charge on any atom is -0.311 e. The summed E-state index contributed by atoms with van der Waals surface area (Å²) in [5, 5.41) is 3.69. The van der Waals surface area contributed by atoms with Crippen molar-refractivity contribution < 1.29 is 0 Å². The summed E-state index contributed by atoms with van der Waals surface area (Å²) < 4.78 is 0. The normalized spacial score (nSPS) is 24.9. The molecule has 0 spiro atoms. The second-order valence-electron chi connectivity index (χ2n) is 4.91. The fourth-order valence-electron chi connectivity index (χ4n) is 2.42. The third-order valence-electron chi connectivity index (χ3n) is 3.55. The topological polar surface area (TPSA) is 24.9 Å². The Morgan fingerprint density at radius 2 is 2.12 bits per heavy atom. The molecule has 0 bridgehead atoms. The smallest absolute Gasteiger partial charge is 0.0404 e. The van der Waals surface area contributed by atoms with Crippen LogP contribution in [0.15, 0.2) is 18.3 Å². The van der Waals surface area contributed by atoms with Gasteiger partial charge in [0, 0.05) is 24.0 Å². The van der Waals surface area contributed by atoms with Gasteiger partial charge in [-0.1, -0.05) is 13.0 Å². The second kappa shape index (κ2) is 5.44. The van der Waals surface area contributed by atoms with Crippen molar-refractivity contribution in [1.29, 1.82) is 0 Å². The molecule has 0 aliphatic carbocycles. The van der Waals surface area contributed by atoms with Gasteiger partial charge in [0.05, 0.1) is 0 Å². The molecule has 0 saturated carbocycles. The predicted octanol–water partition coefficient (Wildman–Crippen LogP) is 2.85. The fourth-order valence-corrected chi connectivity index (χ4v) is 2.42. The average molecular weight is 218 g/mol. The van der Waals surface area contributed by atoms with Crippen LogP contribution in [0, 0.1) is 6.92 Å². The number of nitrogens with one attached hydrogen (secondary N) is 1. The van der Waals surface area contributed by atoms with Gasteiger partial charge in [-0.25, -0.2) is 0 Å². The third kappa shape index (κ3) is 3.05. The van der Waals surface area contributed by atoms with Crippen molar-refractivity contribution in [2.75, 3.05) is 0 Å². The molecule has 0 aromatic carbocycles. The maximum atomic E-state index is 4.45. The maximum Gasteiger partial charge on any atom is 0.0404 e. The van der Waals surface area contributed by atoms with Gasteiger partial charge < -0.3 is 5.32 Å². The Hall–Kier alpha value is -0.890. The highest BCUT2D eigenvalue weighted by atomic mass is 15.0. The molecule has 88 valence electrons. The lowest BCUT2D eigenvalue weighted by molar-refractivity contribution is 0.501. The highest BCUT2D eigenvalue weighted by molar-refractivity contribution is 5.12. The van der Waals surface area contributed by atoms with E-state index in [0.717, 1.165) is 12.5 Å². The van der Waals surface area contributed by atoms with Crippen LogP contribution in [0.25, 0.3) is 0 Å². The van der Waals surface area contributed by atoms with Crippen molar-refractivity contribution in [2.24, 2.45) is 0 Å². The van der Waals surface area contributed by atoms with E-state index >= 15 is 0 Å². The molecule has 2 atom stereocenters. The van der Waals surface area contributed by atoms with Gasteiger partial charge in [0.2, 0.25) is 0 Å². The van der Waals surface area contributed by atoms with E-state index in [2.05, 4.69) is 36.3 Å². The van der Waals surface area contributed by atoms with Crippen LogP contribution in [0.2, 0.25) is 0 Å². The lowest BCUT2D eigenvalue weighted by Gasteiger charge is -2.12. The van der Waals surface area contributed by atoms with Gasteiger partial charge in [-0.3, -0.25) is 4.98 Å². The molecule has 1 fully saturated rings. The van der Waals surface area contributed by atoms with Crippen LogP contribution in [0.5, 0.6) is 0 Å². The lowest BCUT2D eigenvalue weighted by atomic mass is 10.1. The molecule has 1 N–H and O–H groups in total. The number of rotatable bonds is 4. The molecule has 1 saturated heterocycles. The molecule has 2 heteroatoms. The molecule has 2 nitrogen and oxygen atoms in total. The minimum atomic E-state index is 0.716. The molecule has 2 heterocycles. The molecule has 2 rings (SSSR count). The van der Waals surface area contributed by atoms with E-state index in [-0.39, 0.29) is 0 Å². The standard InChI is InChI=1S/C14H22N2/c1-3-12-6-8-14(16-12)9-7-13-5-4-11(2)10-15-13/h4-5,10,12,14,16H,3,6-9H2,1-2H3. The first-order chi connectivity index (χ1) is 7.78. The predicted molar refractivity (Wildman–Crippen MR) is 67.5 cm³/mol. The van der Waals surface area contributed by atoms with Gasteiger partial charge in [0.1, 0.15) is 0 Å². The molecular weight excluding hydrogens is 196 g/mol. The number of nitrogens with zero attached hydrogens (tertiary/aromatic N) is 1. The third-order valence-corrected chi connectivity index (χ3v) is 3.55. The molecular formula is C14H22N2. The molecule has 16 heavy (non-hydrogen) atoms. The van der Waals surface area contributed by atoms with Crippen LogP contribution < -0.4 is 5.32 Å². The summed E-state index contributed by atoms with van der Waals surface area (Å²) in [6, 6.07) is 5.78. The Balaban J connectivity index is 1.77. The Morgan fingerprint density at radius 3 is 2.75 bits per heavy atom. The van der Waals surface area contributed by atoms with Gasteiger partial charge in [0.15, 0.2) is 0 Å². The van der Waals surface area contributed by atoms with Crippen molar-refractivity contribution in [3.05, 3.63) is 29.6 Å². The van der Waals surface area contributed by atoms with E-state index in [1.165, 1.54) is 36.9 Å². The van der Waals surface area contributed by atoms with Crippen LogP contribution in [0.3, 0.4) is 0 Å². The zero-order valence-corrected chi connectivity index (χ0v) is 10.4. The Morgan fingerprint density at radius 1 is 1.31 bits per heavy atom. The SMILES string of the molecule is CCC1CCC(CCc2ccc(C)cn2)N1. The summed E-state index contributed by atoms with van der Waals surface area (Å²) >= 11 is 0. The maximum absolute atomic E-state index is 4.45. The van der Waals surface area contributed by atoms with Crippen LogP contribution in [-0.4, -0.2) is 17.1 Å². The highest BCUT2D eigenvalue weighted by Gasteiger charge is 2.21. The summed E-state index contributed by atoms with van der Waals surface area (Å²) in [6.07, 6.45) is 8.25. The van der Waals surface area contributed by atoms with E-state index in [1.54, 1.807) is 0 Å². The first-order valence-corrected chi connectivity index (χ1v) is 6.45. The molecule has 1 aliphatic rings. The molecule has 0 amide bonds. The molecule has 0 radical (unpaired) electrons. The Labute approximate surface area is 98.5 Å². The molecule has 1 aromatic heterocycles. The second-order valence-corrected chi connectivity index (χ2v) is 4.91. The first-order valence-electron chi connectivity index (χ1n) is 6.45. The van der Waals surface area contributed by atoms with Crippen molar-refractivity contribution in [2.45, 2.75) is 58.0 Å². The van der Waals surface area contributed by atoms with Crippen LogP contribution in [-0.2, 0) is 6.42 Å². The van der Waals surface area contributed by atoms with Gasteiger partial charge in [-0.2, -0.15) is 0 Å². The largest absolute Gasteiger partial charge is 0.311 e. The van der Waals surface area contributed by atoms with Crippen LogP contribution in [0.4, 0.5) is 0 Å². The van der Waals surface area contributed by atoms with Crippen LogP contribution >= 0.6 is 0 Å². The van der Waals surface area contributed by atoms with E-state index in [0.29, 0.717) is 6.04 Å². The van der Waals surface area contributed by atoms with E-state index in [9.17, 15) is 0 Å². The molecule has 2 unspecified atom stereocenters. The number of aryl methyl sites for hydroxylation is 2. The lowest BCUT2D eigenvalue weighted by Crippen LogP contribution is -2.29. The molecule has 1 aromatic rings. The van der Waals surface area contributed by atoms with Crippen LogP contribution in [0.1, 0.15) is 43.9 Å². The Kier molecular flexibility index (Phi) is 3.94. The zero-order chi connectivity index (χ0) is 11.4. The zero-order valence-electron chi connectivity index (χ0n) is 10.4. The Bertz CT molecular complexity index is 318. The summed E-state index contributed by atoms with van der Waals surface area (Å²) in [5.74, 6) is 0. The van der Waals surface area contributed by atoms with Gasteiger partial charge in [-0.05, 0) is 50.7 Å². The highest BCUT2D eigenvalue weighted by Crippen LogP contribution is 2.18. The summed E-state index contributed by atoms with van der Waals surface area (Å²) in [4.78, 5) is 4.45. The monoisotopic (exact) mass is 218 g/mol. The first kappa shape index (κ1) is 11.6. The van der Waals surface area contributed by atoms with Crippen molar-refractivity contribution in [1.82, 2.24) is 10.3 Å². The van der Waals surface area contributed by atoms with E-state index in [1.807, 2.05) is 6.20 Å². The van der Waals surface area contributed by atoms with Gasteiger partial charge >= 0.3 is 0 Å². The quantitative estimate of drug-likeness (QED) is 0.840. The fraction of sp³-hybridized carbons (Fsp3) is 0.643. The van der Waals surface area contributed by atoms with Gasteiger partial charge in [-0.15, -0.1) is 0 Å². The summed E-state index contributed by atoms with van der Waals surface area (Å²) in [5.41, 5.74) is 2.47. The van der Waals surface area contributed by atoms with E-state index in [4.69, 9.17) is 0 Å². The number of hydrogen-bond donors (Lipinski definition) is 1. The summed E-state index contributed by atoms with van der Waals surface area (Å²) in [6.45, 7) is 4.35. The van der Waals surface area contributed by atoms with Crippen molar-refractivity contribution >= 4 is 0 Å².